The minimum Gasteiger partial charge on any atom is -0.311 e. The second-order valence-electron chi connectivity index (χ2n) is 4.67. The van der Waals surface area contributed by atoms with Crippen LogP contribution >= 0.6 is 38.6 Å². The molecule has 2 nitrogen and oxygen atoms in total. The van der Waals surface area contributed by atoms with E-state index in [0.717, 1.165) is 26.2 Å². The summed E-state index contributed by atoms with van der Waals surface area (Å²) in [6.07, 6.45) is 0. The standard InChI is InChI=1S/C14H19BrN2S2/c1-11-3-6-18-14(11)8-16-4-5-17(2)9-13-7-12(15)10-19-13/h3,6-7,10,16H,4-5,8-9H2,1-2H3. The molecule has 0 amide bonds. The molecule has 0 saturated carbocycles. The summed E-state index contributed by atoms with van der Waals surface area (Å²) in [5, 5.41) is 7.81. The van der Waals surface area contributed by atoms with E-state index in [1.807, 2.05) is 22.7 Å². The minimum atomic E-state index is 0.988. The van der Waals surface area contributed by atoms with Gasteiger partial charge in [-0.3, -0.25) is 0 Å². The van der Waals surface area contributed by atoms with Crippen LogP contribution in [0.4, 0.5) is 0 Å². The second-order valence-corrected chi connectivity index (χ2v) is 7.58. The molecule has 0 atom stereocenters. The predicted octanol–water partition coefficient (Wildman–Crippen LogP) is 4.10. The lowest BCUT2D eigenvalue weighted by Gasteiger charge is -2.15. The van der Waals surface area contributed by atoms with Gasteiger partial charge in [0.05, 0.1) is 0 Å². The van der Waals surface area contributed by atoms with E-state index in [1.165, 1.54) is 19.8 Å². The lowest BCUT2D eigenvalue weighted by atomic mass is 10.3. The molecule has 2 heterocycles. The van der Waals surface area contributed by atoms with Crippen molar-refractivity contribution in [1.82, 2.24) is 10.2 Å². The summed E-state index contributed by atoms with van der Waals surface area (Å²) < 4.78 is 1.19. The van der Waals surface area contributed by atoms with Crippen molar-refractivity contribution in [2.24, 2.45) is 0 Å². The Morgan fingerprint density at radius 2 is 2.21 bits per heavy atom. The molecular formula is C14H19BrN2S2. The van der Waals surface area contributed by atoms with Gasteiger partial charge in [0.1, 0.15) is 0 Å². The number of likely N-dealkylation sites (N-methyl/N-ethyl adjacent to an activating group) is 1. The number of aryl methyl sites for hydroxylation is 1. The average molecular weight is 359 g/mol. The predicted molar refractivity (Wildman–Crippen MR) is 89.1 cm³/mol. The van der Waals surface area contributed by atoms with Gasteiger partial charge in [-0.05, 0) is 53.0 Å². The van der Waals surface area contributed by atoms with Crippen molar-refractivity contribution < 1.29 is 0 Å². The van der Waals surface area contributed by atoms with E-state index in [0.29, 0.717) is 0 Å². The van der Waals surface area contributed by atoms with Crippen molar-refractivity contribution in [1.29, 1.82) is 0 Å². The molecule has 0 aromatic carbocycles. The Morgan fingerprint density at radius 1 is 1.37 bits per heavy atom. The maximum absolute atomic E-state index is 3.51. The zero-order valence-electron chi connectivity index (χ0n) is 11.3. The fourth-order valence-corrected chi connectivity index (χ4v) is 4.24. The first-order chi connectivity index (χ1) is 9.15. The van der Waals surface area contributed by atoms with Crippen molar-refractivity contribution in [2.45, 2.75) is 20.0 Å². The summed E-state index contributed by atoms with van der Waals surface area (Å²) in [5.41, 5.74) is 1.40. The molecule has 104 valence electrons. The number of thiophene rings is 2. The molecule has 0 aliphatic carbocycles. The second kappa shape index (κ2) is 7.55. The Balaban J connectivity index is 1.64. The van der Waals surface area contributed by atoms with Crippen LogP contribution in [0.3, 0.4) is 0 Å². The summed E-state index contributed by atoms with van der Waals surface area (Å²) in [4.78, 5) is 5.21. The van der Waals surface area contributed by atoms with Crippen molar-refractivity contribution in [3.05, 3.63) is 42.7 Å². The average Bonchev–Trinajstić information content (AvgIpc) is 2.94. The monoisotopic (exact) mass is 358 g/mol. The number of rotatable bonds is 7. The molecular weight excluding hydrogens is 340 g/mol. The maximum atomic E-state index is 3.51. The van der Waals surface area contributed by atoms with Crippen molar-refractivity contribution in [2.75, 3.05) is 20.1 Å². The zero-order chi connectivity index (χ0) is 13.7. The number of hydrogen-bond acceptors (Lipinski definition) is 4. The quantitative estimate of drug-likeness (QED) is 0.749. The Kier molecular flexibility index (Phi) is 6.04. The molecule has 0 saturated heterocycles. The number of nitrogens with zero attached hydrogens (tertiary/aromatic N) is 1. The number of halogens is 1. The van der Waals surface area contributed by atoms with Crippen LogP contribution in [0.1, 0.15) is 15.3 Å². The van der Waals surface area contributed by atoms with Crippen LogP contribution in [0.2, 0.25) is 0 Å². The van der Waals surface area contributed by atoms with Crippen LogP contribution in [0.5, 0.6) is 0 Å². The smallest absolute Gasteiger partial charge is 0.0325 e. The van der Waals surface area contributed by atoms with Gasteiger partial charge in [0, 0.05) is 45.8 Å². The summed E-state index contributed by atoms with van der Waals surface area (Å²) in [6, 6.07) is 4.38. The third-order valence-electron chi connectivity index (χ3n) is 2.97. The third kappa shape index (κ3) is 5.00. The first-order valence-electron chi connectivity index (χ1n) is 6.30. The van der Waals surface area contributed by atoms with E-state index >= 15 is 0 Å². The van der Waals surface area contributed by atoms with Gasteiger partial charge < -0.3 is 10.2 Å². The van der Waals surface area contributed by atoms with Crippen molar-refractivity contribution >= 4 is 38.6 Å². The van der Waals surface area contributed by atoms with Gasteiger partial charge >= 0.3 is 0 Å². The molecule has 0 spiro atoms. The lowest BCUT2D eigenvalue weighted by molar-refractivity contribution is 0.327. The highest BCUT2D eigenvalue weighted by Crippen LogP contribution is 2.20. The molecule has 2 rings (SSSR count). The van der Waals surface area contributed by atoms with Crippen LogP contribution in [-0.2, 0) is 13.1 Å². The van der Waals surface area contributed by atoms with Gasteiger partial charge in [-0.25, -0.2) is 0 Å². The van der Waals surface area contributed by atoms with Crippen molar-refractivity contribution in [3.63, 3.8) is 0 Å². The van der Waals surface area contributed by atoms with E-state index in [4.69, 9.17) is 0 Å². The van der Waals surface area contributed by atoms with E-state index in [-0.39, 0.29) is 0 Å². The Bertz CT molecular complexity index is 507. The highest BCUT2D eigenvalue weighted by Gasteiger charge is 2.03. The van der Waals surface area contributed by atoms with E-state index in [9.17, 15) is 0 Å². The van der Waals surface area contributed by atoms with E-state index in [2.05, 4.69) is 63.0 Å². The van der Waals surface area contributed by atoms with Gasteiger partial charge in [0.2, 0.25) is 0 Å². The van der Waals surface area contributed by atoms with Crippen LogP contribution in [0.15, 0.2) is 27.4 Å². The summed E-state index contributed by atoms with van der Waals surface area (Å²) in [7, 11) is 2.17. The molecule has 19 heavy (non-hydrogen) atoms. The van der Waals surface area contributed by atoms with Crippen LogP contribution in [0.25, 0.3) is 0 Å². The highest BCUT2D eigenvalue weighted by molar-refractivity contribution is 9.10. The largest absolute Gasteiger partial charge is 0.311 e. The summed E-state index contributed by atoms with van der Waals surface area (Å²) >= 11 is 7.14. The number of nitrogens with one attached hydrogen (secondary N) is 1. The molecule has 0 aliphatic heterocycles. The molecule has 0 aliphatic rings. The minimum absolute atomic E-state index is 0.988. The third-order valence-corrected chi connectivity index (χ3v) is 5.68. The normalized spacial score (nSPS) is 11.4. The van der Waals surface area contributed by atoms with Crippen LogP contribution < -0.4 is 5.32 Å². The van der Waals surface area contributed by atoms with Gasteiger partial charge in [-0.1, -0.05) is 0 Å². The number of hydrogen-bond donors (Lipinski definition) is 1. The summed E-state index contributed by atoms with van der Waals surface area (Å²) in [6.45, 7) is 6.28. The first-order valence-corrected chi connectivity index (χ1v) is 8.85. The maximum Gasteiger partial charge on any atom is 0.0325 e. The molecule has 0 radical (unpaired) electrons. The molecule has 2 aromatic heterocycles. The van der Waals surface area contributed by atoms with Gasteiger partial charge in [-0.15, -0.1) is 22.7 Å². The molecule has 0 fully saturated rings. The van der Waals surface area contributed by atoms with E-state index < -0.39 is 0 Å². The van der Waals surface area contributed by atoms with Gasteiger partial charge in [0.25, 0.3) is 0 Å². The fraction of sp³-hybridized carbons (Fsp3) is 0.429. The van der Waals surface area contributed by atoms with Crippen LogP contribution in [-0.4, -0.2) is 25.0 Å². The topological polar surface area (TPSA) is 15.3 Å². The Labute approximate surface area is 131 Å². The molecule has 1 N–H and O–H groups in total. The molecule has 2 aromatic rings. The molecule has 0 unspecified atom stereocenters. The van der Waals surface area contributed by atoms with Crippen LogP contribution in [0, 0.1) is 6.92 Å². The highest BCUT2D eigenvalue weighted by atomic mass is 79.9. The zero-order valence-corrected chi connectivity index (χ0v) is 14.5. The SMILES string of the molecule is Cc1ccsc1CNCCN(C)Cc1cc(Br)cs1. The fourth-order valence-electron chi connectivity index (χ4n) is 1.84. The first kappa shape index (κ1) is 15.2. The van der Waals surface area contributed by atoms with Gasteiger partial charge in [-0.2, -0.15) is 0 Å². The van der Waals surface area contributed by atoms with Crippen molar-refractivity contribution in [3.8, 4) is 0 Å². The summed E-state index contributed by atoms with van der Waals surface area (Å²) in [5.74, 6) is 0. The van der Waals surface area contributed by atoms with Gasteiger partial charge in [0.15, 0.2) is 0 Å². The Hall–Kier alpha value is -0.200. The molecule has 0 bridgehead atoms. The van der Waals surface area contributed by atoms with E-state index in [1.54, 1.807) is 0 Å². The molecule has 5 heteroatoms. The lowest BCUT2D eigenvalue weighted by Crippen LogP contribution is -2.28. The Morgan fingerprint density at radius 3 is 2.84 bits per heavy atom.